The molecule has 21 heavy (non-hydrogen) atoms. The predicted octanol–water partition coefficient (Wildman–Crippen LogP) is 1.98. The lowest BCUT2D eigenvalue weighted by atomic mass is 10.1. The van der Waals surface area contributed by atoms with Crippen molar-refractivity contribution in [2.75, 3.05) is 26.8 Å². The van der Waals surface area contributed by atoms with Gasteiger partial charge in [0.1, 0.15) is 0 Å². The van der Waals surface area contributed by atoms with E-state index >= 15 is 0 Å². The second kappa shape index (κ2) is 6.10. The van der Waals surface area contributed by atoms with E-state index in [0.29, 0.717) is 18.1 Å². The molecule has 0 N–H and O–H groups in total. The normalized spacial score (nSPS) is 18.1. The second-order valence-electron chi connectivity index (χ2n) is 5.33. The summed E-state index contributed by atoms with van der Waals surface area (Å²) in [6.07, 6.45) is 4.57. The molecule has 1 unspecified atom stereocenters. The summed E-state index contributed by atoms with van der Waals surface area (Å²) in [4.78, 5) is 14.7. The molecule has 1 aromatic heterocycles. The first-order valence-electron chi connectivity index (χ1n) is 7.17. The van der Waals surface area contributed by atoms with Crippen LogP contribution in [-0.4, -0.2) is 47.4 Å². The van der Waals surface area contributed by atoms with Crippen molar-refractivity contribution in [2.45, 2.75) is 6.42 Å². The Hall–Kier alpha value is -2.14. The van der Waals surface area contributed by atoms with Gasteiger partial charge in [0.25, 0.3) is 5.91 Å². The zero-order valence-electron chi connectivity index (χ0n) is 12.1. The summed E-state index contributed by atoms with van der Waals surface area (Å²) in [6, 6.07) is 9.45. The highest BCUT2D eigenvalue weighted by Gasteiger charge is 2.28. The number of hydrogen-bond donors (Lipinski definition) is 0. The second-order valence-corrected chi connectivity index (χ2v) is 5.33. The molecule has 0 spiro atoms. The topological polar surface area (TPSA) is 47.4 Å². The van der Waals surface area contributed by atoms with Crippen LogP contribution in [0.3, 0.4) is 0 Å². The number of rotatable bonds is 4. The number of benzene rings is 1. The van der Waals surface area contributed by atoms with Gasteiger partial charge in [-0.25, -0.2) is 4.68 Å². The maximum atomic E-state index is 12.8. The highest BCUT2D eigenvalue weighted by molar-refractivity contribution is 5.97. The Labute approximate surface area is 124 Å². The van der Waals surface area contributed by atoms with E-state index in [-0.39, 0.29) is 5.91 Å². The number of carbonyl (C=O) groups is 1. The number of hydrogen-bond acceptors (Lipinski definition) is 3. The minimum Gasteiger partial charge on any atom is -0.384 e. The van der Waals surface area contributed by atoms with Gasteiger partial charge in [0.2, 0.25) is 0 Å². The van der Waals surface area contributed by atoms with Crippen LogP contribution in [-0.2, 0) is 4.74 Å². The Morgan fingerprint density at radius 3 is 3.00 bits per heavy atom. The largest absolute Gasteiger partial charge is 0.384 e. The van der Waals surface area contributed by atoms with Crippen LogP contribution in [0.1, 0.15) is 16.8 Å². The van der Waals surface area contributed by atoms with E-state index in [9.17, 15) is 4.79 Å². The standard InChI is InChI=1S/C16H19N3O2/c1-21-12-13-7-10-18(11-13)16(20)14-5-2-3-6-15(14)19-9-4-8-17-19/h2-6,8-9,13H,7,10-12H2,1H3. The first-order valence-corrected chi connectivity index (χ1v) is 7.17. The maximum Gasteiger partial charge on any atom is 0.256 e. The average Bonchev–Trinajstić information content (AvgIpc) is 3.18. The lowest BCUT2D eigenvalue weighted by Gasteiger charge is -2.18. The number of carbonyl (C=O) groups excluding carboxylic acids is 1. The third-order valence-corrected chi connectivity index (χ3v) is 3.86. The summed E-state index contributed by atoms with van der Waals surface area (Å²) in [5, 5.41) is 4.23. The third kappa shape index (κ3) is 2.83. The van der Waals surface area contributed by atoms with Crippen LogP contribution in [0.4, 0.5) is 0 Å². The van der Waals surface area contributed by atoms with Crippen molar-refractivity contribution in [1.29, 1.82) is 0 Å². The van der Waals surface area contributed by atoms with Crippen molar-refractivity contribution in [1.82, 2.24) is 14.7 Å². The summed E-state index contributed by atoms with van der Waals surface area (Å²) < 4.78 is 6.92. The van der Waals surface area contributed by atoms with E-state index in [0.717, 1.165) is 25.2 Å². The Bertz CT molecular complexity index is 610. The van der Waals surface area contributed by atoms with Crippen molar-refractivity contribution in [3.8, 4) is 5.69 Å². The van der Waals surface area contributed by atoms with Gasteiger partial charge < -0.3 is 9.64 Å². The molecule has 1 aromatic carbocycles. The Morgan fingerprint density at radius 2 is 2.24 bits per heavy atom. The molecule has 5 heteroatoms. The summed E-state index contributed by atoms with van der Waals surface area (Å²) in [7, 11) is 1.71. The van der Waals surface area contributed by atoms with Crippen molar-refractivity contribution in [3.63, 3.8) is 0 Å². The average molecular weight is 285 g/mol. The first-order chi connectivity index (χ1) is 10.3. The lowest BCUT2D eigenvalue weighted by molar-refractivity contribution is 0.0775. The molecule has 1 aliphatic rings. The molecule has 1 saturated heterocycles. The molecule has 2 heterocycles. The van der Waals surface area contributed by atoms with Crippen LogP contribution in [0.5, 0.6) is 0 Å². The van der Waals surface area contributed by atoms with Crippen LogP contribution in [0.15, 0.2) is 42.7 Å². The van der Waals surface area contributed by atoms with Gasteiger partial charge in [-0.2, -0.15) is 5.10 Å². The number of amides is 1. The molecule has 0 saturated carbocycles. The molecule has 1 amide bonds. The van der Waals surface area contributed by atoms with E-state index in [1.165, 1.54) is 0 Å². The molecular weight excluding hydrogens is 266 g/mol. The van der Waals surface area contributed by atoms with Crippen molar-refractivity contribution < 1.29 is 9.53 Å². The summed E-state index contributed by atoms with van der Waals surface area (Å²) in [5.41, 5.74) is 1.52. The number of nitrogens with zero attached hydrogens (tertiary/aromatic N) is 3. The van der Waals surface area contributed by atoms with Crippen molar-refractivity contribution >= 4 is 5.91 Å². The smallest absolute Gasteiger partial charge is 0.256 e. The molecule has 1 aliphatic heterocycles. The van der Waals surface area contributed by atoms with Crippen LogP contribution >= 0.6 is 0 Å². The Kier molecular flexibility index (Phi) is 4.01. The van der Waals surface area contributed by atoms with Crippen molar-refractivity contribution in [3.05, 3.63) is 48.3 Å². The molecule has 0 radical (unpaired) electrons. The molecule has 3 rings (SSSR count). The fourth-order valence-electron chi connectivity index (χ4n) is 2.82. The fourth-order valence-corrected chi connectivity index (χ4v) is 2.82. The molecule has 110 valence electrons. The van der Waals surface area contributed by atoms with E-state index < -0.39 is 0 Å². The van der Waals surface area contributed by atoms with Gasteiger partial charge in [-0.15, -0.1) is 0 Å². The predicted molar refractivity (Wildman–Crippen MR) is 79.5 cm³/mol. The fraction of sp³-hybridized carbons (Fsp3) is 0.375. The van der Waals surface area contributed by atoms with Crippen molar-refractivity contribution in [2.24, 2.45) is 5.92 Å². The molecule has 0 aliphatic carbocycles. The number of ether oxygens (including phenoxy) is 1. The number of aromatic nitrogens is 2. The summed E-state index contributed by atoms with van der Waals surface area (Å²) in [5.74, 6) is 0.510. The van der Waals surface area contributed by atoms with Gasteiger partial charge in [0.15, 0.2) is 0 Å². The monoisotopic (exact) mass is 285 g/mol. The van der Waals surface area contributed by atoms with Crippen LogP contribution < -0.4 is 0 Å². The van der Waals surface area contributed by atoms with E-state index in [1.807, 2.05) is 41.4 Å². The molecule has 0 bridgehead atoms. The summed E-state index contributed by atoms with van der Waals surface area (Å²) in [6.45, 7) is 2.27. The molecule has 1 fully saturated rings. The van der Waals surface area contributed by atoms with E-state index in [4.69, 9.17) is 4.74 Å². The van der Waals surface area contributed by atoms with Gasteiger partial charge in [-0.3, -0.25) is 4.79 Å². The van der Waals surface area contributed by atoms with Gasteiger partial charge in [0.05, 0.1) is 17.9 Å². The highest BCUT2D eigenvalue weighted by atomic mass is 16.5. The molecule has 2 aromatic rings. The lowest BCUT2D eigenvalue weighted by Crippen LogP contribution is -2.30. The van der Waals surface area contributed by atoms with Crippen LogP contribution in [0, 0.1) is 5.92 Å². The Morgan fingerprint density at radius 1 is 1.38 bits per heavy atom. The zero-order valence-corrected chi connectivity index (χ0v) is 12.1. The van der Waals surface area contributed by atoms with Gasteiger partial charge in [-0.05, 0) is 24.6 Å². The maximum absolute atomic E-state index is 12.8. The first kappa shape index (κ1) is 13.8. The van der Waals surface area contributed by atoms with Gasteiger partial charge >= 0.3 is 0 Å². The quantitative estimate of drug-likeness (QED) is 0.863. The van der Waals surface area contributed by atoms with Gasteiger partial charge in [-0.1, -0.05) is 12.1 Å². The van der Waals surface area contributed by atoms with Crippen LogP contribution in [0.2, 0.25) is 0 Å². The number of likely N-dealkylation sites (tertiary alicyclic amines) is 1. The van der Waals surface area contributed by atoms with Gasteiger partial charge in [0, 0.05) is 38.5 Å². The highest BCUT2D eigenvalue weighted by Crippen LogP contribution is 2.22. The van der Waals surface area contributed by atoms with Crippen LogP contribution in [0.25, 0.3) is 5.69 Å². The number of para-hydroxylation sites is 1. The minimum absolute atomic E-state index is 0.0692. The van der Waals surface area contributed by atoms with E-state index in [2.05, 4.69) is 5.10 Å². The molecule has 5 nitrogen and oxygen atoms in total. The zero-order chi connectivity index (χ0) is 14.7. The molecular formula is C16H19N3O2. The Balaban J connectivity index is 1.83. The summed E-state index contributed by atoms with van der Waals surface area (Å²) >= 11 is 0. The SMILES string of the molecule is COCC1CCN(C(=O)c2ccccc2-n2cccn2)C1. The third-order valence-electron chi connectivity index (χ3n) is 3.86. The number of methoxy groups -OCH3 is 1. The minimum atomic E-state index is 0.0692. The molecule has 1 atom stereocenters. The van der Waals surface area contributed by atoms with E-state index in [1.54, 1.807) is 18.0 Å².